The highest BCUT2D eigenvalue weighted by Crippen LogP contribution is 2.26. The number of piperidine rings is 1. The van der Waals surface area contributed by atoms with Crippen molar-refractivity contribution in [2.75, 3.05) is 19.7 Å². The fourth-order valence-electron chi connectivity index (χ4n) is 2.79. The lowest BCUT2D eigenvalue weighted by molar-refractivity contribution is -0.142. The van der Waals surface area contributed by atoms with Gasteiger partial charge >= 0.3 is 10.8 Å². The van der Waals surface area contributed by atoms with Gasteiger partial charge in [-0.3, -0.25) is 4.79 Å². The number of carbonyl (C=O) groups excluding carboxylic acids is 1. The van der Waals surface area contributed by atoms with Gasteiger partial charge in [0, 0.05) is 18.4 Å². The van der Waals surface area contributed by atoms with Crippen LogP contribution >= 0.6 is 11.3 Å². The van der Waals surface area contributed by atoms with E-state index in [2.05, 4.69) is 4.58 Å². The van der Waals surface area contributed by atoms with E-state index >= 15 is 0 Å². The first-order chi connectivity index (χ1) is 11.3. The molecule has 0 saturated carbocycles. The molecule has 1 aliphatic rings. The van der Waals surface area contributed by atoms with E-state index in [1.807, 2.05) is 37.3 Å². The van der Waals surface area contributed by atoms with E-state index in [1.165, 1.54) is 19.3 Å². The molecule has 0 atom stereocenters. The summed E-state index contributed by atoms with van der Waals surface area (Å²) in [5, 5.41) is 0. The number of esters is 1. The molecule has 3 rings (SSSR count). The maximum atomic E-state index is 11.9. The zero-order chi connectivity index (χ0) is 16.1. The van der Waals surface area contributed by atoms with E-state index in [0.717, 1.165) is 34.2 Å². The SMILES string of the molecule is CCOC(=O)Cc1sc(=[N+]2CCCCC2)oc1-c1ccccc1. The average Bonchev–Trinajstić information content (AvgIpc) is 3.00. The second-order valence-corrected chi connectivity index (χ2v) is 6.66. The summed E-state index contributed by atoms with van der Waals surface area (Å²) in [7, 11) is 0. The molecule has 122 valence electrons. The predicted molar refractivity (Wildman–Crippen MR) is 91.2 cm³/mol. The molecule has 23 heavy (non-hydrogen) atoms. The predicted octanol–water partition coefficient (Wildman–Crippen LogP) is 3.07. The van der Waals surface area contributed by atoms with Gasteiger partial charge in [0.15, 0.2) is 5.76 Å². The van der Waals surface area contributed by atoms with Gasteiger partial charge in [0.1, 0.15) is 13.1 Å². The second-order valence-electron chi connectivity index (χ2n) is 5.62. The Morgan fingerprint density at radius 3 is 2.65 bits per heavy atom. The highest BCUT2D eigenvalue weighted by Gasteiger charge is 2.21. The van der Waals surface area contributed by atoms with Crippen molar-refractivity contribution in [3.8, 4) is 11.3 Å². The van der Waals surface area contributed by atoms with Gasteiger partial charge in [-0.15, -0.1) is 0 Å². The van der Waals surface area contributed by atoms with Crippen molar-refractivity contribution in [3.63, 3.8) is 0 Å². The van der Waals surface area contributed by atoms with Gasteiger partial charge in [-0.05, 0) is 24.7 Å². The molecule has 0 N–H and O–H groups in total. The van der Waals surface area contributed by atoms with Crippen LogP contribution in [-0.2, 0) is 16.0 Å². The first kappa shape index (κ1) is 16.0. The van der Waals surface area contributed by atoms with Crippen molar-refractivity contribution in [1.82, 2.24) is 4.58 Å². The van der Waals surface area contributed by atoms with E-state index in [9.17, 15) is 4.79 Å². The van der Waals surface area contributed by atoms with Gasteiger partial charge in [-0.2, -0.15) is 4.58 Å². The Bertz CT molecular complexity index is 722. The van der Waals surface area contributed by atoms with Crippen molar-refractivity contribution < 1.29 is 13.9 Å². The minimum atomic E-state index is -0.202. The van der Waals surface area contributed by atoms with Crippen molar-refractivity contribution >= 4 is 17.3 Å². The van der Waals surface area contributed by atoms with Crippen molar-refractivity contribution in [1.29, 1.82) is 0 Å². The molecule has 1 aromatic carbocycles. The molecule has 1 saturated heterocycles. The lowest BCUT2D eigenvalue weighted by Crippen LogP contribution is -2.32. The third-order valence-corrected chi connectivity index (χ3v) is 5.01. The zero-order valence-corrected chi connectivity index (χ0v) is 14.2. The van der Waals surface area contributed by atoms with Crippen LogP contribution in [0.2, 0.25) is 0 Å². The van der Waals surface area contributed by atoms with Crippen LogP contribution < -0.4 is 9.44 Å². The molecule has 0 amide bonds. The lowest BCUT2D eigenvalue weighted by atomic mass is 10.1. The highest BCUT2D eigenvalue weighted by atomic mass is 32.1. The third kappa shape index (κ3) is 3.91. The molecule has 5 heteroatoms. The number of hydrogen-bond donors (Lipinski definition) is 0. The van der Waals surface area contributed by atoms with E-state index in [-0.39, 0.29) is 12.4 Å². The summed E-state index contributed by atoms with van der Waals surface area (Å²) in [6, 6.07) is 9.97. The lowest BCUT2D eigenvalue weighted by Gasteiger charge is -2.06. The fraction of sp³-hybridized carbons (Fsp3) is 0.444. The molecule has 4 nitrogen and oxygen atoms in total. The minimum Gasteiger partial charge on any atom is -0.466 e. The summed E-state index contributed by atoms with van der Waals surface area (Å²) >= 11 is 1.57. The van der Waals surface area contributed by atoms with Crippen molar-refractivity contribution in [2.24, 2.45) is 0 Å². The van der Waals surface area contributed by atoms with Gasteiger partial charge < -0.3 is 9.15 Å². The van der Waals surface area contributed by atoms with Gasteiger partial charge in [-0.1, -0.05) is 30.3 Å². The molecule has 2 heterocycles. The number of rotatable bonds is 4. The largest absolute Gasteiger partial charge is 0.466 e. The average molecular weight is 332 g/mol. The van der Waals surface area contributed by atoms with Crippen molar-refractivity contribution in [2.45, 2.75) is 32.6 Å². The zero-order valence-electron chi connectivity index (χ0n) is 13.4. The topological polar surface area (TPSA) is 42.5 Å². The first-order valence-electron chi connectivity index (χ1n) is 8.19. The monoisotopic (exact) mass is 332 g/mol. The number of hydrogen-bond acceptors (Lipinski definition) is 4. The molecule has 0 bridgehead atoms. The van der Waals surface area contributed by atoms with Gasteiger partial charge in [0.05, 0.1) is 17.9 Å². The number of nitrogens with zero attached hydrogens (tertiary/aromatic N) is 1. The minimum absolute atomic E-state index is 0.202. The van der Waals surface area contributed by atoms with Gasteiger partial charge in [0.2, 0.25) is 0 Å². The molecule has 0 unspecified atom stereocenters. The molecular weight excluding hydrogens is 310 g/mol. The van der Waals surface area contributed by atoms with Crippen LogP contribution in [-0.4, -0.2) is 25.7 Å². The fourth-order valence-corrected chi connectivity index (χ4v) is 3.88. The van der Waals surface area contributed by atoms with Gasteiger partial charge in [-0.25, -0.2) is 0 Å². The quantitative estimate of drug-likeness (QED) is 0.638. The van der Waals surface area contributed by atoms with Crippen LogP contribution in [0.15, 0.2) is 34.7 Å². The van der Waals surface area contributed by atoms with Gasteiger partial charge in [0.25, 0.3) is 0 Å². The molecule has 2 aromatic rings. The number of ether oxygens (including phenoxy) is 1. The normalized spacial score (nSPS) is 14.7. The summed E-state index contributed by atoms with van der Waals surface area (Å²) in [5.74, 6) is 0.594. The molecular formula is C18H22NO3S+. The Hall–Kier alpha value is -1.88. The summed E-state index contributed by atoms with van der Waals surface area (Å²) in [4.78, 5) is 13.8. The van der Waals surface area contributed by atoms with E-state index < -0.39 is 0 Å². The van der Waals surface area contributed by atoms with Crippen molar-refractivity contribution in [3.05, 3.63) is 40.1 Å². The summed E-state index contributed by atoms with van der Waals surface area (Å²) < 4.78 is 13.5. The van der Waals surface area contributed by atoms with Crippen LogP contribution in [0.3, 0.4) is 0 Å². The number of benzene rings is 1. The molecule has 0 radical (unpaired) electrons. The van der Waals surface area contributed by atoms with E-state index in [0.29, 0.717) is 6.61 Å². The molecule has 1 aromatic heterocycles. The Labute approximate surface area is 140 Å². The van der Waals surface area contributed by atoms with Crippen LogP contribution in [0.25, 0.3) is 11.3 Å². The molecule has 1 fully saturated rings. The third-order valence-electron chi connectivity index (χ3n) is 3.91. The van der Waals surface area contributed by atoms with Crippen LogP contribution in [0.4, 0.5) is 0 Å². The Morgan fingerprint density at radius 2 is 1.96 bits per heavy atom. The summed E-state index contributed by atoms with van der Waals surface area (Å²) in [5.41, 5.74) is 1.01. The Morgan fingerprint density at radius 1 is 1.22 bits per heavy atom. The maximum absolute atomic E-state index is 11.9. The van der Waals surface area contributed by atoms with E-state index in [1.54, 1.807) is 11.3 Å². The Kier molecular flexibility index (Phi) is 5.28. The standard InChI is InChI=1S/C18H22NO3S/c1-2-21-16(20)13-15-17(14-9-5-3-6-10-14)22-18(23-15)19-11-7-4-8-12-19/h3,5-6,9-10H,2,4,7-8,11-13H2,1H3/q+1. The summed E-state index contributed by atoms with van der Waals surface area (Å²) in [6.07, 6.45) is 3.94. The molecule has 1 aliphatic heterocycles. The van der Waals surface area contributed by atoms with Crippen LogP contribution in [0.1, 0.15) is 31.1 Å². The Balaban J connectivity index is 2.01. The maximum Gasteiger partial charge on any atom is 0.430 e. The first-order valence-corrected chi connectivity index (χ1v) is 9.01. The second kappa shape index (κ2) is 7.59. The van der Waals surface area contributed by atoms with Crippen LogP contribution in [0.5, 0.6) is 0 Å². The number of carbonyl (C=O) groups is 1. The smallest absolute Gasteiger partial charge is 0.430 e. The molecule has 0 aliphatic carbocycles. The molecule has 0 spiro atoms. The van der Waals surface area contributed by atoms with E-state index in [4.69, 9.17) is 9.15 Å². The van der Waals surface area contributed by atoms with Crippen LogP contribution in [0, 0.1) is 0 Å². The highest BCUT2D eigenvalue weighted by molar-refractivity contribution is 7.09. The summed E-state index contributed by atoms with van der Waals surface area (Å²) in [6.45, 7) is 4.28.